The van der Waals surface area contributed by atoms with Gasteiger partial charge in [-0.05, 0) is 31.6 Å². The minimum atomic E-state index is -0.627. The Morgan fingerprint density at radius 2 is 2.42 bits per heavy atom. The molecular formula is C10H16O2. The van der Waals surface area contributed by atoms with E-state index in [2.05, 4.69) is 12.2 Å². The number of hydrogen-bond donors (Lipinski definition) is 1. The second-order valence-corrected chi connectivity index (χ2v) is 3.40. The molecule has 0 radical (unpaired) electrons. The van der Waals surface area contributed by atoms with E-state index < -0.39 is 5.97 Å². The van der Waals surface area contributed by atoms with Crippen LogP contribution in [0.15, 0.2) is 12.2 Å². The average Bonchev–Trinajstić information content (AvgIpc) is 2.07. The van der Waals surface area contributed by atoms with Gasteiger partial charge in [0.1, 0.15) is 0 Å². The smallest absolute Gasteiger partial charge is 0.306 e. The fourth-order valence-corrected chi connectivity index (χ4v) is 1.89. The third-order valence-electron chi connectivity index (χ3n) is 2.64. The highest BCUT2D eigenvalue weighted by molar-refractivity contribution is 5.70. The van der Waals surface area contributed by atoms with Crippen LogP contribution in [0, 0.1) is 11.8 Å². The van der Waals surface area contributed by atoms with E-state index in [1.165, 1.54) is 0 Å². The van der Waals surface area contributed by atoms with Crippen LogP contribution in [0.3, 0.4) is 0 Å². The van der Waals surface area contributed by atoms with Crippen molar-refractivity contribution in [3.8, 4) is 0 Å². The second-order valence-electron chi connectivity index (χ2n) is 3.40. The van der Waals surface area contributed by atoms with Crippen LogP contribution in [-0.4, -0.2) is 11.1 Å². The zero-order valence-corrected chi connectivity index (χ0v) is 7.49. The van der Waals surface area contributed by atoms with E-state index in [1.807, 2.05) is 6.92 Å². The molecule has 1 aliphatic carbocycles. The lowest BCUT2D eigenvalue weighted by atomic mass is 9.82. The minimum absolute atomic E-state index is 0.130. The van der Waals surface area contributed by atoms with Gasteiger partial charge in [-0.2, -0.15) is 0 Å². The molecule has 68 valence electrons. The molecule has 0 aromatic carbocycles. The summed E-state index contributed by atoms with van der Waals surface area (Å²) in [5.74, 6) is -0.384. The summed E-state index contributed by atoms with van der Waals surface area (Å²) in [5.41, 5.74) is 0. The van der Waals surface area contributed by atoms with E-state index in [1.54, 1.807) is 0 Å². The summed E-state index contributed by atoms with van der Waals surface area (Å²) in [5, 5.41) is 8.90. The van der Waals surface area contributed by atoms with Crippen molar-refractivity contribution in [1.82, 2.24) is 0 Å². The third-order valence-corrected chi connectivity index (χ3v) is 2.64. The van der Waals surface area contributed by atoms with E-state index >= 15 is 0 Å². The SMILES string of the molecule is CCC(C(=O)O)C1CC=CCC1. The van der Waals surface area contributed by atoms with Crippen molar-refractivity contribution in [3.63, 3.8) is 0 Å². The number of carbonyl (C=O) groups is 1. The molecule has 1 aliphatic rings. The lowest BCUT2D eigenvalue weighted by molar-refractivity contribution is -0.143. The van der Waals surface area contributed by atoms with Crippen molar-refractivity contribution in [2.45, 2.75) is 32.6 Å². The lowest BCUT2D eigenvalue weighted by Crippen LogP contribution is -2.23. The molecule has 2 nitrogen and oxygen atoms in total. The Hall–Kier alpha value is -0.790. The fraction of sp³-hybridized carbons (Fsp3) is 0.700. The second kappa shape index (κ2) is 4.29. The maximum Gasteiger partial charge on any atom is 0.306 e. The van der Waals surface area contributed by atoms with Crippen molar-refractivity contribution in [2.24, 2.45) is 11.8 Å². The summed E-state index contributed by atoms with van der Waals surface area (Å²) < 4.78 is 0. The van der Waals surface area contributed by atoms with Gasteiger partial charge in [-0.1, -0.05) is 19.1 Å². The van der Waals surface area contributed by atoms with Crippen LogP contribution in [0.5, 0.6) is 0 Å². The maximum atomic E-state index is 10.8. The number of allylic oxidation sites excluding steroid dienone is 2. The summed E-state index contributed by atoms with van der Waals surface area (Å²) in [6.45, 7) is 1.96. The van der Waals surface area contributed by atoms with Crippen molar-refractivity contribution in [2.75, 3.05) is 0 Å². The topological polar surface area (TPSA) is 37.3 Å². The van der Waals surface area contributed by atoms with Gasteiger partial charge >= 0.3 is 5.97 Å². The summed E-state index contributed by atoms with van der Waals surface area (Å²) in [4.78, 5) is 10.8. The fourth-order valence-electron chi connectivity index (χ4n) is 1.89. The monoisotopic (exact) mass is 168 g/mol. The Bertz CT molecular complexity index is 184. The molecule has 0 aliphatic heterocycles. The summed E-state index contributed by atoms with van der Waals surface area (Å²) >= 11 is 0. The molecule has 0 aromatic rings. The van der Waals surface area contributed by atoms with E-state index in [-0.39, 0.29) is 5.92 Å². The first-order valence-electron chi connectivity index (χ1n) is 4.63. The van der Waals surface area contributed by atoms with Crippen molar-refractivity contribution in [1.29, 1.82) is 0 Å². The predicted octanol–water partition coefficient (Wildman–Crippen LogP) is 2.45. The van der Waals surface area contributed by atoms with E-state index in [9.17, 15) is 4.79 Å². The Morgan fingerprint density at radius 3 is 2.83 bits per heavy atom. The summed E-state index contributed by atoms with van der Waals surface area (Å²) in [6, 6.07) is 0. The summed E-state index contributed by atoms with van der Waals surface area (Å²) in [6.07, 6.45) is 8.05. The normalized spacial score (nSPS) is 25.2. The van der Waals surface area contributed by atoms with E-state index in [0.717, 1.165) is 25.7 Å². The van der Waals surface area contributed by atoms with Crippen molar-refractivity contribution in [3.05, 3.63) is 12.2 Å². The van der Waals surface area contributed by atoms with Crippen LogP contribution in [0.1, 0.15) is 32.6 Å². The number of carboxylic acids is 1. The first-order valence-corrected chi connectivity index (χ1v) is 4.63. The van der Waals surface area contributed by atoms with Gasteiger partial charge in [0, 0.05) is 0 Å². The minimum Gasteiger partial charge on any atom is -0.481 e. The zero-order chi connectivity index (χ0) is 8.97. The number of hydrogen-bond acceptors (Lipinski definition) is 1. The molecule has 0 fully saturated rings. The third kappa shape index (κ3) is 2.10. The molecule has 2 unspecified atom stereocenters. The van der Waals surface area contributed by atoms with E-state index in [0.29, 0.717) is 5.92 Å². The molecule has 0 saturated heterocycles. The molecule has 0 spiro atoms. The van der Waals surface area contributed by atoms with Crippen LogP contribution in [0.4, 0.5) is 0 Å². The highest BCUT2D eigenvalue weighted by atomic mass is 16.4. The molecule has 1 N–H and O–H groups in total. The van der Waals surface area contributed by atoms with Gasteiger partial charge in [-0.15, -0.1) is 0 Å². The molecule has 2 heteroatoms. The highest BCUT2D eigenvalue weighted by Crippen LogP contribution is 2.28. The van der Waals surface area contributed by atoms with Gasteiger partial charge in [0.05, 0.1) is 5.92 Å². The first kappa shape index (κ1) is 9.30. The van der Waals surface area contributed by atoms with Crippen LogP contribution < -0.4 is 0 Å². The number of carboxylic acid groups (broad SMARTS) is 1. The van der Waals surface area contributed by atoms with Gasteiger partial charge < -0.3 is 5.11 Å². The molecule has 12 heavy (non-hydrogen) atoms. The van der Waals surface area contributed by atoms with Crippen LogP contribution >= 0.6 is 0 Å². The zero-order valence-electron chi connectivity index (χ0n) is 7.49. The van der Waals surface area contributed by atoms with Crippen LogP contribution in [0.25, 0.3) is 0 Å². The molecular weight excluding hydrogens is 152 g/mol. The van der Waals surface area contributed by atoms with Gasteiger partial charge in [0.15, 0.2) is 0 Å². The molecule has 2 atom stereocenters. The molecule has 1 rings (SSSR count). The highest BCUT2D eigenvalue weighted by Gasteiger charge is 2.25. The molecule has 0 saturated carbocycles. The largest absolute Gasteiger partial charge is 0.481 e. The standard InChI is InChI=1S/C10H16O2/c1-2-9(10(11)12)8-6-4-3-5-7-8/h3-4,8-9H,2,5-7H2,1H3,(H,11,12). The molecule has 0 aromatic heterocycles. The van der Waals surface area contributed by atoms with Crippen LogP contribution in [0.2, 0.25) is 0 Å². The molecule has 0 amide bonds. The average molecular weight is 168 g/mol. The van der Waals surface area contributed by atoms with Crippen molar-refractivity contribution >= 4 is 5.97 Å². The number of rotatable bonds is 3. The van der Waals surface area contributed by atoms with E-state index in [4.69, 9.17) is 5.11 Å². The van der Waals surface area contributed by atoms with Gasteiger partial charge in [-0.25, -0.2) is 0 Å². The first-order chi connectivity index (χ1) is 5.75. The van der Waals surface area contributed by atoms with Gasteiger partial charge in [0.25, 0.3) is 0 Å². The molecule has 0 bridgehead atoms. The van der Waals surface area contributed by atoms with Crippen molar-refractivity contribution < 1.29 is 9.90 Å². The molecule has 0 heterocycles. The van der Waals surface area contributed by atoms with Crippen LogP contribution in [-0.2, 0) is 4.79 Å². The Kier molecular flexibility index (Phi) is 3.32. The quantitative estimate of drug-likeness (QED) is 0.657. The van der Waals surface area contributed by atoms with Gasteiger partial charge in [0.2, 0.25) is 0 Å². The Morgan fingerprint density at radius 1 is 1.67 bits per heavy atom. The Labute approximate surface area is 73.3 Å². The lowest BCUT2D eigenvalue weighted by Gasteiger charge is -2.23. The Balaban J connectivity index is 2.53. The maximum absolute atomic E-state index is 10.8. The predicted molar refractivity (Wildman–Crippen MR) is 47.9 cm³/mol. The number of aliphatic carboxylic acids is 1. The summed E-state index contributed by atoms with van der Waals surface area (Å²) in [7, 11) is 0. The van der Waals surface area contributed by atoms with Gasteiger partial charge in [-0.3, -0.25) is 4.79 Å².